The van der Waals surface area contributed by atoms with Gasteiger partial charge in [0.05, 0.1) is 12.4 Å². The predicted octanol–water partition coefficient (Wildman–Crippen LogP) is 7.77. The van der Waals surface area contributed by atoms with Crippen LogP contribution in [0.2, 0.25) is 0 Å². The van der Waals surface area contributed by atoms with Gasteiger partial charge in [-0.25, -0.2) is 13.6 Å². The molecule has 0 saturated carbocycles. The monoisotopic (exact) mass is 753 g/mol. The van der Waals surface area contributed by atoms with E-state index in [0.29, 0.717) is 6.54 Å². The molecule has 0 bridgehead atoms. The molecule has 0 aliphatic carbocycles. The Labute approximate surface area is 318 Å². The highest BCUT2D eigenvalue weighted by Crippen LogP contribution is 2.26. The van der Waals surface area contributed by atoms with Crippen molar-refractivity contribution in [3.8, 4) is 33.8 Å². The van der Waals surface area contributed by atoms with E-state index < -0.39 is 62.7 Å². The fourth-order valence-electron chi connectivity index (χ4n) is 6.03. The molecular weight excluding hydrogens is 720 g/mol. The molecule has 0 radical (unpaired) electrons. The van der Waals surface area contributed by atoms with Crippen LogP contribution in [0, 0.1) is 11.6 Å². The van der Waals surface area contributed by atoms with E-state index in [0.717, 1.165) is 51.6 Å². The van der Waals surface area contributed by atoms with E-state index in [1.165, 1.54) is 33.9 Å². The lowest BCUT2D eigenvalue weighted by Gasteiger charge is -2.14. The van der Waals surface area contributed by atoms with Crippen molar-refractivity contribution in [3.05, 3.63) is 207 Å². The number of hydrogen-bond acceptors (Lipinski definition) is 6. The van der Waals surface area contributed by atoms with Crippen molar-refractivity contribution < 1.29 is 33.7 Å². The molecule has 0 spiro atoms. The standard InChI is InChI=1S/C25H18F2N2O3.C19H15NO4/c26-20-11-6-12-21(27)23(20)28-25(32)19-14-29(15-22(30)24(19)31)13-17-9-4-5-10-18(17)16-7-2-1-3-8-16;21-17-12-20(11-16(18(17)22)19(23)24)10-14-8-4-5-9-15(14)13-6-2-1-3-7-13/h1-12,14-15,30H,13H2,(H,28,32);1-9,11-12,21H,10H2,(H,23,24). The van der Waals surface area contributed by atoms with Gasteiger partial charge in [0.15, 0.2) is 11.5 Å². The number of nitrogens with one attached hydrogen (secondary N) is 1. The van der Waals surface area contributed by atoms with Gasteiger partial charge in [0, 0.05) is 25.5 Å². The lowest BCUT2D eigenvalue weighted by molar-refractivity contribution is 0.0693. The van der Waals surface area contributed by atoms with E-state index in [2.05, 4.69) is 5.32 Å². The third kappa shape index (κ3) is 8.77. The summed E-state index contributed by atoms with van der Waals surface area (Å²) in [5, 5.41) is 31.0. The molecule has 0 atom stereocenters. The molecular formula is C44H33F2N3O7. The molecule has 7 rings (SSSR count). The van der Waals surface area contributed by atoms with Gasteiger partial charge in [0.25, 0.3) is 5.91 Å². The fraction of sp³-hybridized carbons (Fsp3) is 0.0455. The Morgan fingerprint density at radius 3 is 1.41 bits per heavy atom. The van der Waals surface area contributed by atoms with Gasteiger partial charge in [-0.1, -0.05) is 115 Å². The van der Waals surface area contributed by atoms with Crippen LogP contribution < -0.4 is 16.2 Å². The lowest BCUT2D eigenvalue weighted by Crippen LogP contribution is -2.24. The summed E-state index contributed by atoms with van der Waals surface area (Å²) in [6, 6.07) is 37.9. The van der Waals surface area contributed by atoms with Crippen LogP contribution in [0.5, 0.6) is 11.5 Å². The number of benzene rings is 5. The number of carboxylic acid groups (broad SMARTS) is 1. The Kier molecular flexibility index (Phi) is 11.6. The Bertz CT molecular complexity index is 2640. The number of amides is 1. The molecule has 0 saturated heterocycles. The van der Waals surface area contributed by atoms with E-state index >= 15 is 0 Å². The number of carbonyl (C=O) groups excluding carboxylic acids is 1. The number of aromatic nitrogens is 2. The van der Waals surface area contributed by atoms with Gasteiger partial charge < -0.3 is 29.8 Å². The molecule has 12 heteroatoms. The van der Waals surface area contributed by atoms with Crippen LogP contribution in [0.3, 0.4) is 0 Å². The number of pyridine rings is 2. The van der Waals surface area contributed by atoms with Gasteiger partial charge in [-0.05, 0) is 45.5 Å². The number of hydrogen-bond donors (Lipinski definition) is 4. The minimum absolute atomic E-state index is 0.243. The quantitative estimate of drug-likeness (QED) is 0.118. The van der Waals surface area contributed by atoms with Crippen molar-refractivity contribution in [3.63, 3.8) is 0 Å². The minimum Gasteiger partial charge on any atom is -0.503 e. The summed E-state index contributed by atoms with van der Waals surface area (Å²) in [6.07, 6.45) is 4.95. The van der Waals surface area contributed by atoms with E-state index in [1.807, 2.05) is 109 Å². The first-order valence-corrected chi connectivity index (χ1v) is 17.1. The largest absolute Gasteiger partial charge is 0.503 e. The summed E-state index contributed by atoms with van der Waals surface area (Å²) in [5.41, 5.74) is 2.44. The van der Waals surface area contributed by atoms with E-state index in [4.69, 9.17) is 5.11 Å². The van der Waals surface area contributed by atoms with E-state index in [-0.39, 0.29) is 6.54 Å². The SMILES string of the molecule is O=C(Nc1c(F)cccc1F)c1cn(Cc2ccccc2-c2ccccc2)cc(O)c1=O.O=C(O)c1cn(Cc2ccccc2-c2ccccc2)cc(O)c1=O. The number of aromatic carboxylic acids is 1. The van der Waals surface area contributed by atoms with Crippen molar-refractivity contribution in [1.29, 1.82) is 0 Å². The molecule has 0 aliphatic rings. The summed E-state index contributed by atoms with van der Waals surface area (Å²) in [4.78, 5) is 47.8. The molecule has 7 aromatic rings. The predicted molar refractivity (Wildman–Crippen MR) is 208 cm³/mol. The molecule has 10 nitrogen and oxygen atoms in total. The highest BCUT2D eigenvalue weighted by Gasteiger charge is 2.19. The Morgan fingerprint density at radius 1 is 0.536 bits per heavy atom. The zero-order valence-corrected chi connectivity index (χ0v) is 29.5. The number of rotatable bonds is 9. The Balaban J connectivity index is 0.000000198. The summed E-state index contributed by atoms with van der Waals surface area (Å²) >= 11 is 0. The van der Waals surface area contributed by atoms with Crippen LogP contribution in [0.25, 0.3) is 22.3 Å². The zero-order valence-electron chi connectivity index (χ0n) is 29.5. The lowest BCUT2D eigenvalue weighted by atomic mass is 9.99. The Morgan fingerprint density at radius 2 is 0.946 bits per heavy atom. The zero-order chi connectivity index (χ0) is 39.8. The third-order valence-electron chi connectivity index (χ3n) is 8.71. The van der Waals surface area contributed by atoms with E-state index in [9.17, 15) is 38.2 Å². The maximum Gasteiger partial charge on any atom is 0.341 e. The smallest absolute Gasteiger partial charge is 0.341 e. The second-order valence-electron chi connectivity index (χ2n) is 12.5. The Hall–Kier alpha value is -7.60. The highest BCUT2D eigenvalue weighted by molar-refractivity contribution is 6.04. The van der Waals surface area contributed by atoms with Gasteiger partial charge in [-0.2, -0.15) is 0 Å². The summed E-state index contributed by atoms with van der Waals surface area (Å²) in [7, 11) is 0. The summed E-state index contributed by atoms with van der Waals surface area (Å²) in [5.74, 6) is -5.57. The second kappa shape index (κ2) is 17.0. The number of aromatic hydroxyl groups is 2. The van der Waals surface area contributed by atoms with Crippen LogP contribution >= 0.6 is 0 Å². The van der Waals surface area contributed by atoms with Crippen molar-refractivity contribution in [1.82, 2.24) is 9.13 Å². The molecule has 0 unspecified atom stereocenters. The number of carbonyl (C=O) groups is 2. The number of nitrogens with zero attached hydrogens (tertiary/aromatic N) is 2. The van der Waals surface area contributed by atoms with E-state index in [1.54, 1.807) is 0 Å². The van der Waals surface area contributed by atoms with Gasteiger partial charge in [0.1, 0.15) is 28.4 Å². The van der Waals surface area contributed by atoms with Gasteiger partial charge in [-0.15, -0.1) is 0 Å². The normalized spacial score (nSPS) is 10.6. The van der Waals surface area contributed by atoms with Crippen LogP contribution in [-0.4, -0.2) is 36.3 Å². The maximum atomic E-state index is 13.9. The average molecular weight is 754 g/mol. The molecule has 4 N–H and O–H groups in total. The molecule has 2 heterocycles. The van der Waals surface area contributed by atoms with Gasteiger partial charge in [0.2, 0.25) is 10.9 Å². The van der Waals surface area contributed by atoms with Crippen LogP contribution in [0.4, 0.5) is 14.5 Å². The maximum absolute atomic E-state index is 13.9. The summed E-state index contributed by atoms with van der Waals surface area (Å²) in [6.45, 7) is 0.576. The molecule has 0 aliphatic heterocycles. The fourth-order valence-corrected chi connectivity index (χ4v) is 6.03. The van der Waals surface area contributed by atoms with Crippen molar-refractivity contribution >= 4 is 17.6 Å². The van der Waals surface area contributed by atoms with Crippen molar-refractivity contribution in [2.45, 2.75) is 13.1 Å². The van der Waals surface area contributed by atoms with Crippen LogP contribution in [0.1, 0.15) is 31.8 Å². The number of para-hydroxylation sites is 1. The molecule has 56 heavy (non-hydrogen) atoms. The molecule has 1 amide bonds. The average Bonchev–Trinajstić information content (AvgIpc) is 3.20. The van der Waals surface area contributed by atoms with Gasteiger partial charge in [-0.3, -0.25) is 14.4 Å². The third-order valence-corrected chi connectivity index (χ3v) is 8.71. The second-order valence-corrected chi connectivity index (χ2v) is 12.5. The van der Waals surface area contributed by atoms with Crippen molar-refractivity contribution in [2.75, 3.05) is 5.32 Å². The van der Waals surface area contributed by atoms with Crippen LogP contribution in [-0.2, 0) is 13.1 Å². The minimum atomic E-state index is -1.36. The highest BCUT2D eigenvalue weighted by atomic mass is 19.1. The van der Waals surface area contributed by atoms with Crippen LogP contribution in [0.15, 0.2) is 162 Å². The topological polar surface area (TPSA) is 151 Å². The number of anilines is 1. The molecule has 280 valence electrons. The van der Waals surface area contributed by atoms with Crippen molar-refractivity contribution in [2.24, 2.45) is 0 Å². The first-order valence-electron chi connectivity index (χ1n) is 17.1. The molecule has 5 aromatic carbocycles. The molecule has 2 aromatic heterocycles. The first-order chi connectivity index (χ1) is 27.0. The molecule has 0 fully saturated rings. The summed E-state index contributed by atoms with van der Waals surface area (Å²) < 4.78 is 30.8. The number of carboxylic acids is 1. The van der Waals surface area contributed by atoms with Gasteiger partial charge >= 0.3 is 5.97 Å². The first kappa shape index (κ1) is 38.1. The number of halogens is 2.